The maximum atomic E-state index is 2.50. The maximum absolute atomic E-state index is 2.50. The molecule has 1 aliphatic rings. The Bertz CT molecular complexity index is 109. The summed E-state index contributed by atoms with van der Waals surface area (Å²) >= 11 is 0. The Labute approximate surface area is 64.4 Å². The lowest BCUT2D eigenvalue weighted by molar-refractivity contribution is 0.250. The van der Waals surface area contributed by atoms with Crippen LogP contribution in [0.15, 0.2) is 0 Å². The molecular formula is C9H19N. The minimum Gasteiger partial charge on any atom is -0.303 e. The molecule has 0 N–H and O–H groups in total. The summed E-state index contributed by atoms with van der Waals surface area (Å²) in [6.07, 6.45) is 1.40. The second kappa shape index (κ2) is 2.91. The highest BCUT2D eigenvalue weighted by molar-refractivity contribution is 4.82. The highest BCUT2D eigenvalue weighted by Crippen LogP contribution is 2.25. The third-order valence-electron chi connectivity index (χ3n) is 2.58. The average molecular weight is 141 g/mol. The minimum absolute atomic E-state index is 0.829. The van der Waals surface area contributed by atoms with E-state index < -0.39 is 0 Å². The van der Waals surface area contributed by atoms with E-state index in [-0.39, 0.29) is 0 Å². The van der Waals surface area contributed by atoms with Gasteiger partial charge in [0.05, 0.1) is 0 Å². The van der Waals surface area contributed by atoms with Crippen LogP contribution in [0.3, 0.4) is 0 Å². The van der Waals surface area contributed by atoms with Gasteiger partial charge >= 0.3 is 0 Å². The lowest BCUT2D eigenvalue weighted by Crippen LogP contribution is -2.29. The Morgan fingerprint density at radius 1 is 1.40 bits per heavy atom. The van der Waals surface area contributed by atoms with E-state index in [1.807, 2.05) is 0 Å². The van der Waals surface area contributed by atoms with E-state index in [9.17, 15) is 0 Å². The van der Waals surface area contributed by atoms with Crippen molar-refractivity contribution in [3.63, 3.8) is 0 Å². The molecule has 1 heteroatoms. The van der Waals surface area contributed by atoms with E-state index in [0.29, 0.717) is 0 Å². The quantitative estimate of drug-likeness (QED) is 0.539. The van der Waals surface area contributed by atoms with E-state index in [1.54, 1.807) is 0 Å². The molecule has 1 heterocycles. The molecule has 1 unspecified atom stereocenters. The Balaban J connectivity index is 2.46. The van der Waals surface area contributed by atoms with Crippen molar-refractivity contribution in [3.8, 4) is 0 Å². The monoisotopic (exact) mass is 141 g/mol. The highest BCUT2D eigenvalue weighted by atomic mass is 15.2. The number of hydrogen-bond donors (Lipinski definition) is 0. The van der Waals surface area contributed by atoms with Crippen molar-refractivity contribution in [2.45, 2.75) is 33.2 Å². The maximum Gasteiger partial charge on any atom is 0.0118 e. The molecule has 1 nitrogen and oxygen atoms in total. The smallest absolute Gasteiger partial charge is 0.0118 e. The van der Waals surface area contributed by atoms with Gasteiger partial charge in [-0.2, -0.15) is 0 Å². The first-order valence-electron chi connectivity index (χ1n) is 4.31. The van der Waals surface area contributed by atoms with Gasteiger partial charge in [0.15, 0.2) is 0 Å². The molecule has 0 aromatic carbocycles. The molecule has 1 aliphatic heterocycles. The van der Waals surface area contributed by atoms with Crippen LogP contribution in [0, 0.1) is 11.8 Å². The summed E-state index contributed by atoms with van der Waals surface area (Å²) in [4.78, 5) is 2.50. The molecule has 0 bridgehead atoms. The topological polar surface area (TPSA) is 3.24 Å². The fraction of sp³-hybridized carbons (Fsp3) is 1.00. The van der Waals surface area contributed by atoms with Crippen molar-refractivity contribution in [2.24, 2.45) is 11.8 Å². The van der Waals surface area contributed by atoms with Gasteiger partial charge in [-0.15, -0.1) is 0 Å². The number of rotatable bonds is 1. The van der Waals surface area contributed by atoms with Crippen LogP contribution in [-0.4, -0.2) is 24.5 Å². The van der Waals surface area contributed by atoms with Gasteiger partial charge in [0.2, 0.25) is 0 Å². The Morgan fingerprint density at radius 2 is 2.00 bits per heavy atom. The van der Waals surface area contributed by atoms with Gasteiger partial charge in [-0.05, 0) is 25.3 Å². The van der Waals surface area contributed by atoms with E-state index in [2.05, 4.69) is 32.7 Å². The summed E-state index contributed by atoms with van der Waals surface area (Å²) in [6, 6.07) is 0.843. The molecule has 0 aliphatic carbocycles. The SMILES string of the molecule is CC1C[C@@H](C(C)C)N(C)C1. The van der Waals surface area contributed by atoms with Crippen molar-refractivity contribution >= 4 is 0 Å². The zero-order valence-corrected chi connectivity index (χ0v) is 7.59. The molecule has 0 aromatic rings. The first-order chi connectivity index (χ1) is 4.61. The van der Waals surface area contributed by atoms with Crippen molar-refractivity contribution in [1.82, 2.24) is 4.90 Å². The standard InChI is InChI=1S/C9H19N/c1-7(2)9-5-8(3)6-10(9)4/h7-9H,5-6H2,1-4H3/t8?,9-/m0/s1. The summed E-state index contributed by atoms with van der Waals surface area (Å²) in [6.45, 7) is 8.28. The first-order valence-corrected chi connectivity index (χ1v) is 4.31. The molecule has 2 atom stereocenters. The normalized spacial score (nSPS) is 35.7. The Kier molecular flexibility index (Phi) is 2.35. The lowest BCUT2D eigenvalue weighted by atomic mass is 9.99. The molecular weight excluding hydrogens is 122 g/mol. The van der Waals surface area contributed by atoms with Gasteiger partial charge in [0.25, 0.3) is 0 Å². The second-order valence-electron chi connectivity index (χ2n) is 4.09. The van der Waals surface area contributed by atoms with Gasteiger partial charge < -0.3 is 4.90 Å². The molecule has 10 heavy (non-hydrogen) atoms. The highest BCUT2D eigenvalue weighted by Gasteiger charge is 2.28. The van der Waals surface area contributed by atoms with Crippen molar-refractivity contribution < 1.29 is 0 Å². The van der Waals surface area contributed by atoms with Crippen molar-refractivity contribution in [3.05, 3.63) is 0 Å². The van der Waals surface area contributed by atoms with Crippen LogP contribution in [0.4, 0.5) is 0 Å². The molecule has 0 amide bonds. The first kappa shape index (κ1) is 8.06. The molecule has 0 spiro atoms. The van der Waals surface area contributed by atoms with Gasteiger partial charge in [0.1, 0.15) is 0 Å². The predicted molar refractivity (Wildman–Crippen MR) is 45.0 cm³/mol. The van der Waals surface area contributed by atoms with E-state index in [0.717, 1.165) is 17.9 Å². The molecule has 1 rings (SSSR count). The Hall–Kier alpha value is -0.0400. The van der Waals surface area contributed by atoms with Gasteiger partial charge in [0, 0.05) is 12.6 Å². The zero-order valence-electron chi connectivity index (χ0n) is 7.59. The van der Waals surface area contributed by atoms with Crippen molar-refractivity contribution in [1.29, 1.82) is 0 Å². The minimum atomic E-state index is 0.829. The lowest BCUT2D eigenvalue weighted by Gasteiger charge is -2.22. The van der Waals surface area contributed by atoms with E-state index in [4.69, 9.17) is 0 Å². The fourth-order valence-electron chi connectivity index (χ4n) is 2.07. The van der Waals surface area contributed by atoms with E-state index in [1.165, 1.54) is 13.0 Å². The molecule has 1 saturated heterocycles. The van der Waals surface area contributed by atoms with Crippen LogP contribution in [0.25, 0.3) is 0 Å². The predicted octanol–water partition coefficient (Wildman–Crippen LogP) is 1.98. The third kappa shape index (κ3) is 1.51. The van der Waals surface area contributed by atoms with Crippen LogP contribution in [-0.2, 0) is 0 Å². The van der Waals surface area contributed by atoms with Crippen LogP contribution in [0.5, 0.6) is 0 Å². The Morgan fingerprint density at radius 3 is 2.20 bits per heavy atom. The summed E-state index contributed by atoms with van der Waals surface area (Å²) in [7, 11) is 2.24. The zero-order chi connectivity index (χ0) is 7.72. The van der Waals surface area contributed by atoms with Crippen molar-refractivity contribution in [2.75, 3.05) is 13.6 Å². The fourth-order valence-corrected chi connectivity index (χ4v) is 2.07. The van der Waals surface area contributed by atoms with Crippen LogP contribution < -0.4 is 0 Å². The molecule has 60 valence electrons. The summed E-state index contributed by atoms with van der Waals surface area (Å²) in [5.74, 6) is 1.74. The molecule has 1 fully saturated rings. The molecule has 0 saturated carbocycles. The van der Waals surface area contributed by atoms with Gasteiger partial charge in [-0.3, -0.25) is 0 Å². The molecule has 0 radical (unpaired) electrons. The van der Waals surface area contributed by atoms with Crippen LogP contribution in [0.1, 0.15) is 27.2 Å². The largest absolute Gasteiger partial charge is 0.303 e. The summed E-state index contributed by atoms with van der Waals surface area (Å²) in [5.41, 5.74) is 0. The van der Waals surface area contributed by atoms with Gasteiger partial charge in [-0.25, -0.2) is 0 Å². The van der Waals surface area contributed by atoms with Crippen LogP contribution >= 0.6 is 0 Å². The summed E-state index contributed by atoms with van der Waals surface area (Å²) in [5, 5.41) is 0. The van der Waals surface area contributed by atoms with Gasteiger partial charge in [-0.1, -0.05) is 20.8 Å². The van der Waals surface area contributed by atoms with E-state index >= 15 is 0 Å². The number of nitrogens with zero attached hydrogens (tertiary/aromatic N) is 1. The molecule has 0 aromatic heterocycles. The van der Waals surface area contributed by atoms with Crippen LogP contribution in [0.2, 0.25) is 0 Å². The number of hydrogen-bond acceptors (Lipinski definition) is 1. The average Bonchev–Trinajstić information content (AvgIpc) is 2.10. The number of likely N-dealkylation sites (tertiary alicyclic amines) is 1. The summed E-state index contributed by atoms with van der Waals surface area (Å²) < 4.78 is 0. The third-order valence-corrected chi connectivity index (χ3v) is 2.58. The second-order valence-corrected chi connectivity index (χ2v) is 4.09.